The van der Waals surface area contributed by atoms with Crippen LogP contribution in [0, 0.1) is 0 Å². The predicted octanol–water partition coefficient (Wildman–Crippen LogP) is -0.359. The highest BCUT2D eigenvalue weighted by atomic mass is 32.2. The molecule has 0 aliphatic carbocycles. The minimum Gasteiger partial charge on any atom is -0.366 e. The summed E-state index contributed by atoms with van der Waals surface area (Å²) in [6.07, 6.45) is -4.98. The smallest absolute Gasteiger partial charge is 0.265 e. The number of amides is 1. The van der Waals surface area contributed by atoms with E-state index in [2.05, 4.69) is 5.32 Å². The van der Waals surface area contributed by atoms with Crippen molar-refractivity contribution in [3.05, 3.63) is 35.9 Å². The van der Waals surface area contributed by atoms with Crippen molar-refractivity contribution < 1.29 is 41.4 Å². The van der Waals surface area contributed by atoms with Gasteiger partial charge in [0, 0.05) is 19.6 Å². The maximum absolute atomic E-state index is 11.8. The molecule has 3 rings (SSSR count). The number of ether oxygens (including phenoxy) is 4. The summed E-state index contributed by atoms with van der Waals surface area (Å²) < 4.78 is 50.9. The number of nitrogens with one attached hydrogen (secondary N) is 1. The molecule has 1 aromatic carbocycles. The van der Waals surface area contributed by atoms with Crippen LogP contribution < -0.4 is 5.32 Å². The van der Waals surface area contributed by atoms with E-state index in [1.165, 1.54) is 14.0 Å². The number of aliphatic hydroxyl groups is 1. The van der Waals surface area contributed by atoms with E-state index in [1.54, 1.807) is 24.3 Å². The molecule has 2 N–H and O–H groups in total. The third kappa shape index (κ3) is 4.35. The second-order valence-corrected chi connectivity index (χ2v) is 8.24. The predicted molar refractivity (Wildman–Crippen MR) is 94.2 cm³/mol. The van der Waals surface area contributed by atoms with E-state index in [1.807, 2.05) is 6.07 Å². The standard InChI is InChI=1S/C17H23NO9S/c1-10(19)18-17(20)13-12(25-16(23-2)14(17)27-28(3,21)22)9-24-15(26-13)11-7-5-4-6-8-11/h4-8,12-16,20H,9H2,1-3H3,(H,18,19)/t12-,13-,14-,15?,16+,17-/m1/s1. The third-order valence-corrected chi connectivity index (χ3v) is 4.96. The zero-order chi connectivity index (χ0) is 20.5. The first-order valence-electron chi connectivity index (χ1n) is 8.53. The fourth-order valence-electron chi connectivity index (χ4n) is 3.34. The van der Waals surface area contributed by atoms with Crippen LogP contribution in [0.3, 0.4) is 0 Å². The largest absolute Gasteiger partial charge is 0.366 e. The second kappa shape index (κ2) is 8.03. The normalized spacial score (nSPS) is 35.8. The first kappa shape index (κ1) is 21.1. The lowest BCUT2D eigenvalue weighted by Crippen LogP contribution is -2.76. The summed E-state index contributed by atoms with van der Waals surface area (Å²) in [5.41, 5.74) is -1.57. The highest BCUT2D eigenvalue weighted by Gasteiger charge is 2.61. The van der Waals surface area contributed by atoms with Gasteiger partial charge in [-0.3, -0.25) is 8.98 Å². The minimum atomic E-state index is -4.04. The van der Waals surface area contributed by atoms with Crippen LogP contribution in [0.5, 0.6) is 0 Å². The van der Waals surface area contributed by atoms with Crippen molar-refractivity contribution in [2.45, 2.75) is 43.5 Å². The first-order chi connectivity index (χ1) is 13.1. The van der Waals surface area contributed by atoms with Crippen molar-refractivity contribution in [1.82, 2.24) is 5.32 Å². The number of fused-ring (bicyclic) bond motifs is 1. The SMILES string of the molecule is CO[C@H]1O[C@@H]2COC(c3ccccc3)O[C@H]2[C@](O)(NC(C)=O)[C@@H]1OS(C)(=O)=O. The van der Waals surface area contributed by atoms with E-state index < -0.39 is 52.6 Å². The van der Waals surface area contributed by atoms with Gasteiger partial charge in [0.1, 0.15) is 12.2 Å². The maximum Gasteiger partial charge on any atom is 0.265 e. The van der Waals surface area contributed by atoms with E-state index in [0.717, 1.165) is 6.26 Å². The molecule has 0 spiro atoms. The molecule has 2 heterocycles. The van der Waals surface area contributed by atoms with Crippen molar-refractivity contribution in [3.8, 4) is 0 Å². The molecule has 0 aromatic heterocycles. The maximum atomic E-state index is 11.8. The molecule has 2 fully saturated rings. The molecule has 1 aromatic rings. The van der Waals surface area contributed by atoms with Gasteiger partial charge in [0.2, 0.25) is 11.6 Å². The molecule has 11 heteroatoms. The lowest BCUT2D eigenvalue weighted by atomic mass is 9.90. The van der Waals surface area contributed by atoms with E-state index in [-0.39, 0.29) is 6.61 Å². The Morgan fingerprint density at radius 2 is 1.96 bits per heavy atom. The number of hydrogen-bond acceptors (Lipinski definition) is 9. The number of hydrogen-bond donors (Lipinski definition) is 2. The molecule has 2 aliphatic rings. The highest BCUT2D eigenvalue weighted by molar-refractivity contribution is 7.86. The van der Waals surface area contributed by atoms with Gasteiger partial charge < -0.3 is 29.4 Å². The molecule has 0 bridgehead atoms. The molecule has 0 radical (unpaired) electrons. The van der Waals surface area contributed by atoms with Crippen molar-refractivity contribution >= 4 is 16.0 Å². The molecule has 28 heavy (non-hydrogen) atoms. The summed E-state index contributed by atoms with van der Waals surface area (Å²) in [5.74, 6) is -0.619. The van der Waals surface area contributed by atoms with Crippen LogP contribution in [0.25, 0.3) is 0 Å². The summed E-state index contributed by atoms with van der Waals surface area (Å²) in [4.78, 5) is 11.8. The number of carbonyl (C=O) groups excluding carboxylic acids is 1. The van der Waals surface area contributed by atoms with Gasteiger partial charge >= 0.3 is 0 Å². The van der Waals surface area contributed by atoms with Crippen molar-refractivity contribution in [2.24, 2.45) is 0 Å². The average molecular weight is 417 g/mol. The summed E-state index contributed by atoms with van der Waals surface area (Å²) in [6, 6.07) is 8.96. The lowest BCUT2D eigenvalue weighted by Gasteiger charge is -2.52. The van der Waals surface area contributed by atoms with Crippen LogP contribution in [-0.2, 0) is 38.0 Å². The van der Waals surface area contributed by atoms with Crippen LogP contribution in [0.1, 0.15) is 18.8 Å². The number of carbonyl (C=O) groups is 1. The molecule has 0 saturated carbocycles. The van der Waals surface area contributed by atoms with Gasteiger partial charge in [-0.15, -0.1) is 0 Å². The second-order valence-electron chi connectivity index (χ2n) is 6.64. The van der Waals surface area contributed by atoms with Gasteiger partial charge in [0.05, 0.1) is 12.9 Å². The Morgan fingerprint density at radius 3 is 2.54 bits per heavy atom. The van der Waals surface area contributed by atoms with E-state index in [0.29, 0.717) is 5.56 Å². The zero-order valence-electron chi connectivity index (χ0n) is 15.6. The minimum absolute atomic E-state index is 0.0115. The van der Waals surface area contributed by atoms with E-state index in [4.69, 9.17) is 23.1 Å². The number of benzene rings is 1. The van der Waals surface area contributed by atoms with Crippen LogP contribution in [0.4, 0.5) is 0 Å². The van der Waals surface area contributed by atoms with Gasteiger partial charge in [-0.25, -0.2) is 0 Å². The summed E-state index contributed by atoms with van der Waals surface area (Å²) in [5, 5.41) is 13.7. The van der Waals surface area contributed by atoms with Gasteiger partial charge in [0.15, 0.2) is 18.7 Å². The molecule has 1 unspecified atom stereocenters. The fourth-order valence-corrected chi connectivity index (χ4v) is 3.95. The van der Waals surface area contributed by atoms with Crippen LogP contribution in [-0.4, -0.2) is 69.7 Å². The van der Waals surface area contributed by atoms with E-state index in [9.17, 15) is 18.3 Å². The highest BCUT2D eigenvalue weighted by Crippen LogP contribution is 2.39. The Bertz CT molecular complexity index is 802. The Kier molecular flexibility index (Phi) is 6.05. The quantitative estimate of drug-likeness (QED) is 0.487. The lowest BCUT2D eigenvalue weighted by molar-refractivity contribution is -0.383. The van der Waals surface area contributed by atoms with Gasteiger partial charge in [-0.2, -0.15) is 8.42 Å². The van der Waals surface area contributed by atoms with Gasteiger partial charge in [0.25, 0.3) is 10.1 Å². The topological polar surface area (TPSA) is 130 Å². The molecule has 2 aliphatic heterocycles. The van der Waals surface area contributed by atoms with Crippen LogP contribution in [0.15, 0.2) is 30.3 Å². The monoisotopic (exact) mass is 417 g/mol. The summed E-state index contributed by atoms with van der Waals surface area (Å²) >= 11 is 0. The zero-order valence-corrected chi connectivity index (χ0v) is 16.4. The molecule has 1 amide bonds. The van der Waals surface area contributed by atoms with Crippen molar-refractivity contribution in [3.63, 3.8) is 0 Å². The van der Waals surface area contributed by atoms with E-state index >= 15 is 0 Å². The molecular formula is C17H23NO9S. The molecule has 156 valence electrons. The molecular weight excluding hydrogens is 394 g/mol. The fraction of sp³-hybridized carbons (Fsp3) is 0.588. The Morgan fingerprint density at radius 1 is 1.29 bits per heavy atom. The molecule has 2 saturated heterocycles. The first-order valence-corrected chi connectivity index (χ1v) is 10.4. The van der Waals surface area contributed by atoms with Gasteiger partial charge in [-0.1, -0.05) is 30.3 Å². The third-order valence-electron chi connectivity index (χ3n) is 4.40. The summed E-state index contributed by atoms with van der Waals surface area (Å²) in [7, 11) is -2.78. The van der Waals surface area contributed by atoms with Crippen molar-refractivity contribution in [2.75, 3.05) is 20.0 Å². The molecule has 6 atom stereocenters. The van der Waals surface area contributed by atoms with Gasteiger partial charge in [-0.05, 0) is 0 Å². The Labute approximate surface area is 162 Å². The Hall–Kier alpha value is -1.60. The Balaban J connectivity index is 1.97. The number of rotatable bonds is 5. The molecule has 10 nitrogen and oxygen atoms in total. The average Bonchev–Trinajstić information content (AvgIpc) is 2.63. The number of methoxy groups -OCH3 is 1. The van der Waals surface area contributed by atoms with Crippen LogP contribution in [0.2, 0.25) is 0 Å². The van der Waals surface area contributed by atoms with Crippen molar-refractivity contribution in [1.29, 1.82) is 0 Å². The van der Waals surface area contributed by atoms with Crippen LogP contribution >= 0.6 is 0 Å². The summed E-state index contributed by atoms with van der Waals surface area (Å²) in [6.45, 7) is 1.19.